The molecule has 0 aromatic carbocycles. The Morgan fingerprint density at radius 1 is 0.323 bits per heavy atom. The summed E-state index contributed by atoms with van der Waals surface area (Å²) in [5.74, 6) is -0.925. The van der Waals surface area contributed by atoms with Crippen LogP contribution in [-0.2, 0) is 28.6 Å². The Morgan fingerprint density at radius 2 is 0.600 bits per heavy atom. The van der Waals surface area contributed by atoms with Crippen LogP contribution in [0.3, 0.4) is 0 Å². The van der Waals surface area contributed by atoms with Crippen LogP contribution in [-0.4, -0.2) is 37.2 Å². The molecule has 1 unspecified atom stereocenters. The van der Waals surface area contributed by atoms with E-state index >= 15 is 0 Å². The number of allylic oxidation sites excluding steroid dienone is 18. The summed E-state index contributed by atoms with van der Waals surface area (Å²) < 4.78 is 16.6. The van der Waals surface area contributed by atoms with Gasteiger partial charge in [-0.1, -0.05) is 226 Å². The van der Waals surface area contributed by atoms with Crippen molar-refractivity contribution in [2.75, 3.05) is 13.2 Å². The average Bonchev–Trinajstić information content (AvgIpc) is 3.30. The molecule has 1 atom stereocenters. The monoisotopic (exact) mass is 901 g/mol. The predicted molar refractivity (Wildman–Crippen MR) is 279 cm³/mol. The van der Waals surface area contributed by atoms with Gasteiger partial charge in [0.1, 0.15) is 13.2 Å². The fourth-order valence-corrected chi connectivity index (χ4v) is 6.84. The molecule has 6 nitrogen and oxygen atoms in total. The van der Waals surface area contributed by atoms with Gasteiger partial charge in [0.25, 0.3) is 0 Å². The smallest absolute Gasteiger partial charge is 0.306 e. The van der Waals surface area contributed by atoms with E-state index in [2.05, 4.69) is 130 Å². The molecule has 0 N–H and O–H groups in total. The van der Waals surface area contributed by atoms with Gasteiger partial charge in [0, 0.05) is 19.3 Å². The minimum absolute atomic E-state index is 0.0838. The molecule has 0 amide bonds. The maximum atomic E-state index is 12.6. The summed E-state index contributed by atoms with van der Waals surface area (Å²) >= 11 is 0. The Balaban J connectivity index is 4.08. The first-order valence-electron chi connectivity index (χ1n) is 26.4. The first-order chi connectivity index (χ1) is 32.0. The summed E-state index contributed by atoms with van der Waals surface area (Å²) in [6, 6.07) is 0. The second-order valence-electron chi connectivity index (χ2n) is 17.1. The topological polar surface area (TPSA) is 78.9 Å². The number of hydrogen-bond acceptors (Lipinski definition) is 6. The van der Waals surface area contributed by atoms with Crippen molar-refractivity contribution in [3.63, 3.8) is 0 Å². The third-order valence-electron chi connectivity index (χ3n) is 10.8. The number of esters is 3. The molecule has 0 saturated heterocycles. The summed E-state index contributed by atoms with van der Waals surface area (Å²) in [7, 11) is 0. The molecule has 0 rings (SSSR count). The predicted octanol–water partition coefficient (Wildman–Crippen LogP) is 17.5. The van der Waals surface area contributed by atoms with Gasteiger partial charge in [-0.3, -0.25) is 14.4 Å². The molecule has 65 heavy (non-hydrogen) atoms. The Bertz CT molecular complexity index is 1360. The van der Waals surface area contributed by atoms with Crippen molar-refractivity contribution >= 4 is 17.9 Å². The van der Waals surface area contributed by atoms with Crippen molar-refractivity contribution in [3.8, 4) is 0 Å². The van der Waals surface area contributed by atoms with Crippen LogP contribution in [0.1, 0.15) is 226 Å². The van der Waals surface area contributed by atoms with Gasteiger partial charge >= 0.3 is 17.9 Å². The maximum Gasteiger partial charge on any atom is 0.306 e. The van der Waals surface area contributed by atoms with Crippen molar-refractivity contribution in [1.29, 1.82) is 0 Å². The van der Waals surface area contributed by atoms with Gasteiger partial charge in [0.15, 0.2) is 6.10 Å². The lowest BCUT2D eigenvalue weighted by atomic mass is 10.1. The highest BCUT2D eigenvalue weighted by atomic mass is 16.6. The van der Waals surface area contributed by atoms with E-state index in [9.17, 15) is 14.4 Å². The van der Waals surface area contributed by atoms with E-state index in [1.165, 1.54) is 51.4 Å². The zero-order valence-corrected chi connectivity index (χ0v) is 42.0. The summed E-state index contributed by atoms with van der Waals surface area (Å²) in [6.45, 7) is 6.39. The van der Waals surface area contributed by atoms with Crippen molar-refractivity contribution in [3.05, 3.63) is 109 Å². The molecule has 0 aliphatic heterocycles. The van der Waals surface area contributed by atoms with E-state index in [-0.39, 0.29) is 31.1 Å². The average molecular weight is 901 g/mol. The molecule has 0 aromatic heterocycles. The number of rotatable bonds is 46. The minimum Gasteiger partial charge on any atom is -0.462 e. The van der Waals surface area contributed by atoms with Crippen LogP contribution in [0, 0.1) is 0 Å². The van der Waals surface area contributed by atoms with Gasteiger partial charge < -0.3 is 14.2 Å². The molecule has 0 saturated carbocycles. The lowest BCUT2D eigenvalue weighted by molar-refractivity contribution is -0.167. The molecule has 6 heteroatoms. The zero-order chi connectivity index (χ0) is 47.2. The molecule has 0 spiro atoms. The van der Waals surface area contributed by atoms with Gasteiger partial charge in [0.2, 0.25) is 0 Å². The summed E-state index contributed by atoms with van der Waals surface area (Å²) in [5, 5.41) is 0. The quantitative estimate of drug-likeness (QED) is 0.0262. The van der Waals surface area contributed by atoms with Gasteiger partial charge in [0.05, 0.1) is 0 Å². The lowest BCUT2D eigenvalue weighted by Crippen LogP contribution is -2.30. The van der Waals surface area contributed by atoms with Gasteiger partial charge in [-0.05, 0) is 89.9 Å². The Hall–Kier alpha value is -3.93. The molecule has 0 radical (unpaired) electrons. The van der Waals surface area contributed by atoms with Crippen LogP contribution in [0.2, 0.25) is 0 Å². The molecular formula is C59H96O6. The van der Waals surface area contributed by atoms with E-state index in [1.54, 1.807) is 0 Å². The fourth-order valence-electron chi connectivity index (χ4n) is 6.84. The highest BCUT2D eigenvalue weighted by Gasteiger charge is 2.19. The Kier molecular flexibility index (Phi) is 49.5. The summed E-state index contributed by atoms with van der Waals surface area (Å²) in [4.78, 5) is 37.5. The standard InChI is InChI=1S/C59H96O6/c1-4-7-10-13-16-18-19-20-21-22-23-24-25-26-27-28-29-30-31-32-33-34-35-36-37-38-39-40-41-42-44-46-49-52-58(61)64-55-56(54-63-57(60)51-48-45-15-12-9-6-3)65-59(62)53-50-47-43-17-14-11-8-5-2/h7,10,16,18,20-21,23-24,26-27,29-30,32-33,35-36,38-39,56H,4-6,8-9,11-15,17,19,22,25,28,31,34,37,40-55H2,1-3H3/b10-7-,18-16-,21-20-,24-23-,27-26-,30-29-,33-32-,36-35-,39-38-. The Labute approximate surface area is 400 Å². The van der Waals surface area contributed by atoms with Crippen LogP contribution < -0.4 is 0 Å². The molecule has 0 aliphatic carbocycles. The molecule has 0 heterocycles. The second-order valence-corrected chi connectivity index (χ2v) is 17.1. The number of carbonyl (C=O) groups excluding carboxylic acids is 3. The van der Waals surface area contributed by atoms with E-state index in [0.29, 0.717) is 19.3 Å². The second kappa shape index (κ2) is 52.7. The van der Waals surface area contributed by atoms with Crippen LogP contribution in [0.5, 0.6) is 0 Å². The fraction of sp³-hybridized carbons (Fsp3) is 0.644. The third-order valence-corrected chi connectivity index (χ3v) is 10.8. The number of unbranched alkanes of at least 4 members (excludes halogenated alkanes) is 17. The molecule has 368 valence electrons. The molecular weight excluding hydrogens is 805 g/mol. The van der Waals surface area contributed by atoms with Gasteiger partial charge in [-0.15, -0.1) is 0 Å². The first-order valence-corrected chi connectivity index (χ1v) is 26.4. The zero-order valence-electron chi connectivity index (χ0n) is 42.0. The molecule has 0 aliphatic rings. The normalized spacial score (nSPS) is 13.0. The highest BCUT2D eigenvalue weighted by Crippen LogP contribution is 2.13. The summed E-state index contributed by atoms with van der Waals surface area (Å²) in [6.07, 6.45) is 71.2. The van der Waals surface area contributed by atoms with Crippen LogP contribution in [0.15, 0.2) is 109 Å². The largest absolute Gasteiger partial charge is 0.462 e. The number of ether oxygens (including phenoxy) is 3. The number of carbonyl (C=O) groups is 3. The van der Waals surface area contributed by atoms with Crippen molar-refractivity contribution in [2.24, 2.45) is 0 Å². The molecule has 0 bridgehead atoms. The van der Waals surface area contributed by atoms with Crippen LogP contribution in [0.4, 0.5) is 0 Å². The highest BCUT2D eigenvalue weighted by molar-refractivity contribution is 5.71. The van der Waals surface area contributed by atoms with Crippen molar-refractivity contribution < 1.29 is 28.6 Å². The number of hydrogen-bond donors (Lipinski definition) is 0. The van der Waals surface area contributed by atoms with Crippen LogP contribution in [0.25, 0.3) is 0 Å². The summed E-state index contributed by atoms with van der Waals surface area (Å²) in [5.41, 5.74) is 0. The van der Waals surface area contributed by atoms with E-state index in [0.717, 1.165) is 135 Å². The van der Waals surface area contributed by atoms with Gasteiger partial charge in [-0.25, -0.2) is 0 Å². The maximum absolute atomic E-state index is 12.6. The van der Waals surface area contributed by atoms with Crippen molar-refractivity contribution in [1.82, 2.24) is 0 Å². The first kappa shape index (κ1) is 61.1. The van der Waals surface area contributed by atoms with Crippen LogP contribution >= 0.6 is 0 Å². The molecule has 0 aromatic rings. The molecule has 0 fully saturated rings. The van der Waals surface area contributed by atoms with Gasteiger partial charge in [-0.2, -0.15) is 0 Å². The SMILES string of the molecule is CC/C=C\C/C=C\C/C=C\C/C=C\C/C=C\C/C=C\C/C=C\C/C=C\C/C=C\CCCCCCCC(=O)OCC(COC(=O)CCCCCCCC)OC(=O)CCCCCCCCCC. The Morgan fingerprint density at radius 3 is 0.938 bits per heavy atom. The van der Waals surface area contributed by atoms with Crippen molar-refractivity contribution in [2.45, 2.75) is 232 Å². The van der Waals surface area contributed by atoms with E-state index in [1.807, 2.05) is 0 Å². The van der Waals surface area contributed by atoms with E-state index < -0.39 is 6.10 Å². The minimum atomic E-state index is -0.779. The third kappa shape index (κ3) is 50.9. The van der Waals surface area contributed by atoms with E-state index in [4.69, 9.17) is 14.2 Å². The lowest BCUT2D eigenvalue weighted by Gasteiger charge is -2.18.